The Kier molecular flexibility index (Phi) is 2.76. The molecule has 1 aliphatic carbocycles. The van der Waals surface area contributed by atoms with Crippen molar-refractivity contribution in [1.29, 1.82) is 0 Å². The fourth-order valence-electron chi connectivity index (χ4n) is 2.17. The molecular weight excluding hydrogens is 182 g/mol. The van der Waals surface area contributed by atoms with E-state index in [4.69, 9.17) is 11.6 Å². The van der Waals surface area contributed by atoms with Gasteiger partial charge in [-0.25, -0.2) is 0 Å². The van der Waals surface area contributed by atoms with Crippen LogP contribution in [-0.2, 0) is 0 Å². The maximum Gasteiger partial charge on any atom is 0.0978 e. The van der Waals surface area contributed by atoms with Gasteiger partial charge in [0.25, 0.3) is 0 Å². The zero-order chi connectivity index (χ0) is 10.2. The first kappa shape index (κ1) is 10.6. The van der Waals surface area contributed by atoms with Crippen molar-refractivity contribution in [2.24, 2.45) is 17.3 Å². The SMILES string of the molecule is C=C(C)C1C(/C=C(/Cl)NC)C1(C)C. The zero-order valence-electron chi connectivity index (χ0n) is 8.82. The lowest BCUT2D eigenvalue weighted by atomic mass is 10.1. The van der Waals surface area contributed by atoms with Crippen LogP contribution in [0.2, 0.25) is 0 Å². The maximum absolute atomic E-state index is 5.92. The molecule has 1 rings (SSSR count). The van der Waals surface area contributed by atoms with Crippen LogP contribution in [0.4, 0.5) is 0 Å². The molecule has 1 aliphatic rings. The monoisotopic (exact) mass is 199 g/mol. The average Bonchev–Trinajstić information content (AvgIpc) is 2.53. The van der Waals surface area contributed by atoms with E-state index in [0.29, 0.717) is 17.3 Å². The topological polar surface area (TPSA) is 12.0 Å². The van der Waals surface area contributed by atoms with Crippen molar-refractivity contribution in [2.45, 2.75) is 20.8 Å². The molecule has 0 bridgehead atoms. The van der Waals surface area contributed by atoms with Crippen LogP contribution in [0.25, 0.3) is 0 Å². The maximum atomic E-state index is 5.92. The van der Waals surface area contributed by atoms with Crippen LogP contribution in [0.1, 0.15) is 20.8 Å². The van der Waals surface area contributed by atoms with Gasteiger partial charge >= 0.3 is 0 Å². The quantitative estimate of drug-likeness (QED) is 0.544. The van der Waals surface area contributed by atoms with E-state index >= 15 is 0 Å². The fraction of sp³-hybridized carbons (Fsp3) is 0.636. The van der Waals surface area contributed by atoms with Gasteiger partial charge in [0.15, 0.2) is 0 Å². The first-order chi connectivity index (χ1) is 5.91. The molecule has 0 spiro atoms. The number of hydrogen-bond donors (Lipinski definition) is 1. The van der Waals surface area contributed by atoms with E-state index < -0.39 is 0 Å². The number of nitrogens with one attached hydrogen (secondary N) is 1. The Morgan fingerprint density at radius 1 is 1.54 bits per heavy atom. The Bertz CT molecular complexity index is 253. The lowest BCUT2D eigenvalue weighted by Crippen LogP contribution is -2.00. The van der Waals surface area contributed by atoms with Crippen LogP contribution in [0.15, 0.2) is 23.4 Å². The largest absolute Gasteiger partial charge is 0.379 e. The van der Waals surface area contributed by atoms with Crippen molar-refractivity contribution in [2.75, 3.05) is 7.05 Å². The summed E-state index contributed by atoms with van der Waals surface area (Å²) in [5, 5.41) is 3.67. The molecule has 0 heterocycles. The van der Waals surface area contributed by atoms with Crippen molar-refractivity contribution in [3.8, 4) is 0 Å². The molecule has 0 aromatic carbocycles. The van der Waals surface area contributed by atoms with E-state index in [0.717, 1.165) is 5.16 Å². The Labute approximate surface area is 85.9 Å². The van der Waals surface area contributed by atoms with Crippen LogP contribution >= 0.6 is 11.6 Å². The summed E-state index contributed by atoms with van der Waals surface area (Å²) < 4.78 is 0. The standard InChI is InChI=1S/C11H18ClN/c1-7(2)10-8(11(10,3)4)6-9(12)13-5/h6,8,10,13H,1H2,2-5H3/b9-6-. The molecule has 2 unspecified atom stereocenters. The highest BCUT2D eigenvalue weighted by Gasteiger charge is 2.56. The van der Waals surface area contributed by atoms with E-state index in [1.807, 2.05) is 7.05 Å². The third-order valence-corrected chi connectivity index (χ3v) is 3.32. The van der Waals surface area contributed by atoms with Crippen molar-refractivity contribution >= 4 is 11.6 Å². The molecule has 0 amide bonds. The van der Waals surface area contributed by atoms with E-state index in [9.17, 15) is 0 Å². The summed E-state index contributed by atoms with van der Waals surface area (Å²) in [7, 11) is 1.84. The van der Waals surface area contributed by atoms with E-state index in [2.05, 4.69) is 38.7 Å². The Hall–Kier alpha value is -0.430. The Morgan fingerprint density at radius 3 is 2.38 bits per heavy atom. The highest BCUT2D eigenvalue weighted by atomic mass is 35.5. The second kappa shape index (κ2) is 3.38. The van der Waals surface area contributed by atoms with Crippen LogP contribution in [0.5, 0.6) is 0 Å². The second-order valence-electron chi connectivity index (χ2n) is 4.44. The van der Waals surface area contributed by atoms with Gasteiger partial charge in [-0.2, -0.15) is 0 Å². The lowest BCUT2D eigenvalue weighted by Gasteiger charge is -1.99. The van der Waals surface area contributed by atoms with Crippen molar-refractivity contribution in [3.63, 3.8) is 0 Å². The summed E-state index contributed by atoms with van der Waals surface area (Å²) in [5.74, 6) is 1.14. The fourth-order valence-corrected chi connectivity index (χ4v) is 2.31. The van der Waals surface area contributed by atoms with E-state index in [1.54, 1.807) is 0 Å². The third kappa shape index (κ3) is 1.91. The summed E-state index contributed by atoms with van der Waals surface area (Å²) >= 11 is 5.92. The first-order valence-corrected chi connectivity index (χ1v) is 4.99. The summed E-state index contributed by atoms with van der Waals surface area (Å²) in [5.41, 5.74) is 1.59. The molecule has 1 fully saturated rings. The lowest BCUT2D eigenvalue weighted by molar-refractivity contribution is 0.578. The molecule has 1 N–H and O–H groups in total. The van der Waals surface area contributed by atoms with Gasteiger partial charge in [-0.3, -0.25) is 0 Å². The molecule has 1 nitrogen and oxygen atoms in total. The molecule has 13 heavy (non-hydrogen) atoms. The van der Waals surface area contributed by atoms with Gasteiger partial charge in [0.05, 0.1) is 5.16 Å². The van der Waals surface area contributed by atoms with Crippen LogP contribution in [0, 0.1) is 17.3 Å². The number of hydrogen-bond acceptors (Lipinski definition) is 1. The van der Waals surface area contributed by atoms with Crippen molar-refractivity contribution in [3.05, 3.63) is 23.4 Å². The highest BCUT2D eigenvalue weighted by molar-refractivity contribution is 6.29. The predicted octanol–water partition coefficient (Wildman–Crippen LogP) is 3.13. The first-order valence-electron chi connectivity index (χ1n) is 4.61. The summed E-state index contributed by atoms with van der Waals surface area (Å²) in [4.78, 5) is 0. The predicted molar refractivity (Wildman–Crippen MR) is 58.6 cm³/mol. The molecular formula is C11H18ClN. The van der Waals surface area contributed by atoms with Gasteiger partial charge in [0, 0.05) is 7.05 Å². The molecule has 0 aliphatic heterocycles. The molecule has 0 saturated heterocycles. The van der Waals surface area contributed by atoms with Gasteiger partial charge in [0.2, 0.25) is 0 Å². The minimum atomic E-state index is 0.336. The minimum Gasteiger partial charge on any atom is -0.379 e. The summed E-state index contributed by atoms with van der Waals surface area (Å²) in [6, 6.07) is 0. The molecule has 0 aromatic rings. The molecule has 2 heteroatoms. The summed E-state index contributed by atoms with van der Waals surface area (Å²) in [6.07, 6.45) is 2.10. The smallest absolute Gasteiger partial charge is 0.0978 e. The van der Waals surface area contributed by atoms with Gasteiger partial charge in [0.1, 0.15) is 0 Å². The molecule has 74 valence electrons. The summed E-state index contributed by atoms with van der Waals surface area (Å²) in [6.45, 7) is 10.6. The van der Waals surface area contributed by atoms with E-state index in [1.165, 1.54) is 5.57 Å². The Balaban J connectivity index is 2.71. The van der Waals surface area contributed by atoms with Gasteiger partial charge in [-0.05, 0) is 30.3 Å². The van der Waals surface area contributed by atoms with Crippen LogP contribution < -0.4 is 5.32 Å². The number of rotatable bonds is 3. The van der Waals surface area contributed by atoms with Crippen molar-refractivity contribution < 1.29 is 0 Å². The van der Waals surface area contributed by atoms with Crippen molar-refractivity contribution in [1.82, 2.24) is 5.32 Å². The highest BCUT2D eigenvalue weighted by Crippen LogP contribution is 2.62. The normalized spacial score (nSPS) is 31.3. The number of halogens is 1. The third-order valence-electron chi connectivity index (χ3n) is 3.01. The Morgan fingerprint density at radius 2 is 2.08 bits per heavy atom. The molecule has 0 aromatic heterocycles. The molecule has 2 atom stereocenters. The van der Waals surface area contributed by atoms with Crippen LogP contribution in [-0.4, -0.2) is 7.05 Å². The van der Waals surface area contributed by atoms with Gasteiger partial charge in [-0.15, -0.1) is 0 Å². The molecule has 1 saturated carbocycles. The van der Waals surface area contributed by atoms with Crippen LogP contribution in [0.3, 0.4) is 0 Å². The second-order valence-corrected chi connectivity index (χ2v) is 4.84. The molecule has 0 radical (unpaired) electrons. The zero-order valence-corrected chi connectivity index (χ0v) is 9.57. The van der Waals surface area contributed by atoms with Gasteiger partial charge < -0.3 is 5.32 Å². The average molecular weight is 200 g/mol. The van der Waals surface area contributed by atoms with E-state index in [-0.39, 0.29) is 0 Å². The van der Waals surface area contributed by atoms with Gasteiger partial charge in [-0.1, -0.05) is 37.6 Å². The number of allylic oxidation sites excluding steroid dienone is 2. The minimum absolute atomic E-state index is 0.336.